The van der Waals surface area contributed by atoms with Crippen molar-refractivity contribution in [2.24, 2.45) is 0 Å². The lowest BCUT2D eigenvalue weighted by Gasteiger charge is -2.03. The van der Waals surface area contributed by atoms with Gasteiger partial charge in [0, 0.05) is 17.6 Å². The quantitative estimate of drug-likeness (QED) is 0.666. The molecule has 0 spiro atoms. The van der Waals surface area contributed by atoms with E-state index < -0.39 is 0 Å². The van der Waals surface area contributed by atoms with E-state index in [1.165, 1.54) is 17.7 Å². The van der Waals surface area contributed by atoms with E-state index in [0.29, 0.717) is 0 Å². The number of aryl methyl sites for hydroxylation is 1. The van der Waals surface area contributed by atoms with Crippen molar-refractivity contribution in [2.45, 2.75) is 33.2 Å². The standard InChI is InChI=1S/C11H21N3S/c1-3-5-12-6-4-7-13-8-11-9-14-10(2)15-11/h9,12-13H,3-8H2,1-2H3. The van der Waals surface area contributed by atoms with Gasteiger partial charge in [-0.2, -0.15) is 0 Å². The van der Waals surface area contributed by atoms with Crippen LogP contribution < -0.4 is 10.6 Å². The number of aromatic nitrogens is 1. The molecular weight excluding hydrogens is 206 g/mol. The normalized spacial score (nSPS) is 10.8. The van der Waals surface area contributed by atoms with E-state index in [0.717, 1.165) is 31.2 Å². The largest absolute Gasteiger partial charge is 0.317 e. The van der Waals surface area contributed by atoms with E-state index in [-0.39, 0.29) is 0 Å². The van der Waals surface area contributed by atoms with Crippen molar-refractivity contribution < 1.29 is 0 Å². The number of nitrogens with one attached hydrogen (secondary N) is 2. The minimum absolute atomic E-state index is 0.958. The van der Waals surface area contributed by atoms with Gasteiger partial charge in [0.1, 0.15) is 0 Å². The average molecular weight is 227 g/mol. The molecule has 4 heteroatoms. The highest BCUT2D eigenvalue weighted by Gasteiger charge is 1.96. The minimum Gasteiger partial charge on any atom is -0.317 e. The van der Waals surface area contributed by atoms with E-state index in [1.54, 1.807) is 11.3 Å². The molecule has 0 radical (unpaired) electrons. The summed E-state index contributed by atoms with van der Waals surface area (Å²) in [5.74, 6) is 0. The molecule has 0 aliphatic carbocycles. The topological polar surface area (TPSA) is 37.0 Å². The van der Waals surface area contributed by atoms with E-state index >= 15 is 0 Å². The Bertz CT molecular complexity index is 260. The monoisotopic (exact) mass is 227 g/mol. The molecule has 86 valence electrons. The van der Waals surface area contributed by atoms with Crippen LogP contribution in [0.15, 0.2) is 6.20 Å². The van der Waals surface area contributed by atoms with Crippen molar-refractivity contribution >= 4 is 11.3 Å². The SMILES string of the molecule is CCCNCCCNCc1cnc(C)s1. The van der Waals surface area contributed by atoms with Gasteiger partial charge in [-0.1, -0.05) is 6.92 Å². The van der Waals surface area contributed by atoms with E-state index in [4.69, 9.17) is 0 Å². The first-order chi connectivity index (χ1) is 7.33. The fourth-order valence-electron chi connectivity index (χ4n) is 1.34. The van der Waals surface area contributed by atoms with Gasteiger partial charge in [-0.05, 0) is 39.4 Å². The first-order valence-electron chi connectivity index (χ1n) is 5.65. The Hall–Kier alpha value is -0.450. The summed E-state index contributed by atoms with van der Waals surface area (Å²) < 4.78 is 0. The summed E-state index contributed by atoms with van der Waals surface area (Å²) in [6.07, 6.45) is 4.37. The van der Waals surface area contributed by atoms with Gasteiger partial charge in [-0.3, -0.25) is 0 Å². The molecule has 0 amide bonds. The van der Waals surface area contributed by atoms with Gasteiger partial charge in [0.2, 0.25) is 0 Å². The van der Waals surface area contributed by atoms with Crippen molar-refractivity contribution in [3.05, 3.63) is 16.1 Å². The molecule has 0 saturated heterocycles. The van der Waals surface area contributed by atoms with Gasteiger partial charge in [-0.15, -0.1) is 11.3 Å². The highest BCUT2D eigenvalue weighted by atomic mass is 32.1. The summed E-state index contributed by atoms with van der Waals surface area (Å²) in [7, 11) is 0. The molecule has 0 atom stereocenters. The zero-order chi connectivity index (χ0) is 10.9. The van der Waals surface area contributed by atoms with Gasteiger partial charge >= 0.3 is 0 Å². The Labute approximate surface area is 96.3 Å². The molecule has 1 aromatic rings. The number of hydrogen-bond donors (Lipinski definition) is 2. The maximum Gasteiger partial charge on any atom is 0.0897 e. The number of rotatable bonds is 8. The van der Waals surface area contributed by atoms with Crippen molar-refractivity contribution in [3.63, 3.8) is 0 Å². The number of hydrogen-bond acceptors (Lipinski definition) is 4. The third-order valence-electron chi connectivity index (χ3n) is 2.10. The van der Waals surface area contributed by atoms with Crippen LogP contribution in [0.3, 0.4) is 0 Å². The van der Waals surface area contributed by atoms with Gasteiger partial charge < -0.3 is 10.6 Å². The molecule has 2 N–H and O–H groups in total. The average Bonchev–Trinajstić information content (AvgIpc) is 2.63. The Morgan fingerprint density at radius 2 is 2.07 bits per heavy atom. The molecule has 0 aliphatic heterocycles. The Kier molecular flexibility index (Phi) is 6.55. The molecule has 0 unspecified atom stereocenters. The van der Waals surface area contributed by atoms with Crippen LogP contribution in [0.2, 0.25) is 0 Å². The third kappa shape index (κ3) is 5.87. The molecule has 1 heterocycles. The second kappa shape index (κ2) is 7.79. The maximum atomic E-state index is 4.22. The molecular formula is C11H21N3S. The summed E-state index contributed by atoms with van der Waals surface area (Å²) in [5, 5.41) is 7.96. The Morgan fingerprint density at radius 3 is 2.73 bits per heavy atom. The van der Waals surface area contributed by atoms with Gasteiger partial charge in [-0.25, -0.2) is 4.98 Å². The second-order valence-electron chi connectivity index (χ2n) is 3.63. The van der Waals surface area contributed by atoms with E-state index in [1.807, 2.05) is 13.1 Å². The fraction of sp³-hybridized carbons (Fsp3) is 0.727. The molecule has 1 aromatic heterocycles. The van der Waals surface area contributed by atoms with Crippen LogP contribution in [0.5, 0.6) is 0 Å². The van der Waals surface area contributed by atoms with Crippen LogP contribution in [0, 0.1) is 6.92 Å². The first-order valence-corrected chi connectivity index (χ1v) is 6.47. The summed E-state index contributed by atoms with van der Waals surface area (Å²) in [5.41, 5.74) is 0. The predicted octanol–water partition coefficient (Wildman–Crippen LogP) is 1.93. The van der Waals surface area contributed by atoms with Crippen LogP contribution >= 0.6 is 11.3 Å². The van der Waals surface area contributed by atoms with Crippen molar-refractivity contribution in [1.82, 2.24) is 15.6 Å². The lowest BCUT2D eigenvalue weighted by Crippen LogP contribution is -2.21. The summed E-state index contributed by atoms with van der Waals surface area (Å²) in [6, 6.07) is 0. The number of thiazole rings is 1. The third-order valence-corrected chi connectivity index (χ3v) is 3.02. The first kappa shape index (κ1) is 12.6. The molecule has 0 fully saturated rings. The molecule has 0 aromatic carbocycles. The van der Waals surface area contributed by atoms with Crippen LogP contribution in [0.25, 0.3) is 0 Å². The van der Waals surface area contributed by atoms with E-state index in [9.17, 15) is 0 Å². The molecule has 15 heavy (non-hydrogen) atoms. The van der Waals surface area contributed by atoms with Crippen molar-refractivity contribution in [2.75, 3.05) is 19.6 Å². The fourth-order valence-corrected chi connectivity index (χ4v) is 2.10. The lowest BCUT2D eigenvalue weighted by molar-refractivity contribution is 0.594. The van der Waals surface area contributed by atoms with Crippen LogP contribution in [-0.4, -0.2) is 24.6 Å². The van der Waals surface area contributed by atoms with Gasteiger partial charge in [0.25, 0.3) is 0 Å². The zero-order valence-corrected chi connectivity index (χ0v) is 10.5. The minimum atomic E-state index is 0.958. The molecule has 3 nitrogen and oxygen atoms in total. The Balaban J connectivity index is 1.93. The maximum absolute atomic E-state index is 4.22. The highest BCUT2D eigenvalue weighted by molar-refractivity contribution is 7.11. The highest BCUT2D eigenvalue weighted by Crippen LogP contribution is 2.10. The van der Waals surface area contributed by atoms with Crippen molar-refractivity contribution in [1.29, 1.82) is 0 Å². The van der Waals surface area contributed by atoms with Crippen LogP contribution in [0.4, 0.5) is 0 Å². The molecule has 0 bridgehead atoms. The van der Waals surface area contributed by atoms with Crippen LogP contribution in [0.1, 0.15) is 29.7 Å². The van der Waals surface area contributed by atoms with Gasteiger partial charge in [0.05, 0.1) is 5.01 Å². The van der Waals surface area contributed by atoms with E-state index in [2.05, 4.69) is 22.5 Å². The van der Waals surface area contributed by atoms with Crippen molar-refractivity contribution in [3.8, 4) is 0 Å². The lowest BCUT2D eigenvalue weighted by atomic mass is 10.4. The van der Waals surface area contributed by atoms with Gasteiger partial charge in [0.15, 0.2) is 0 Å². The predicted molar refractivity (Wildman–Crippen MR) is 66.3 cm³/mol. The smallest absolute Gasteiger partial charge is 0.0897 e. The van der Waals surface area contributed by atoms with Crippen LogP contribution in [-0.2, 0) is 6.54 Å². The molecule has 0 saturated carbocycles. The number of nitrogens with zero attached hydrogens (tertiary/aromatic N) is 1. The summed E-state index contributed by atoms with van der Waals surface area (Å²) in [4.78, 5) is 5.55. The summed E-state index contributed by atoms with van der Waals surface area (Å²) in [6.45, 7) is 8.52. The second-order valence-corrected chi connectivity index (χ2v) is 4.95. The molecule has 1 rings (SSSR count). The Morgan fingerprint density at radius 1 is 1.27 bits per heavy atom. The summed E-state index contributed by atoms with van der Waals surface area (Å²) >= 11 is 1.77. The zero-order valence-electron chi connectivity index (χ0n) is 9.68. The molecule has 0 aliphatic rings.